The number of amides is 1. The van der Waals surface area contributed by atoms with Crippen LogP contribution in [0.1, 0.15) is 37.5 Å². The molecular formula is C47H53NO9Si. The van der Waals surface area contributed by atoms with E-state index >= 15 is 0 Å². The third kappa shape index (κ3) is 9.58. The van der Waals surface area contributed by atoms with Crippen LogP contribution < -0.4 is 10.4 Å². The van der Waals surface area contributed by atoms with Crippen molar-refractivity contribution in [1.82, 2.24) is 4.90 Å². The molecular weight excluding hydrogens is 751 g/mol. The van der Waals surface area contributed by atoms with Gasteiger partial charge in [0.1, 0.15) is 24.9 Å². The van der Waals surface area contributed by atoms with Gasteiger partial charge in [-0.05, 0) is 32.1 Å². The molecule has 0 spiro atoms. The number of ether oxygens (including phenoxy) is 4. The maximum Gasteiger partial charge on any atom is 0.410 e. The molecule has 10 nitrogen and oxygen atoms in total. The van der Waals surface area contributed by atoms with Gasteiger partial charge in [0.05, 0.1) is 39.0 Å². The lowest BCUT2D eigenvalue weighted by atomic mass is 9.98. The van der Waals surface area contributed by atoms with Crippen LogP contribution in [0.15, 0.2) is 152 Å². The molecule has 0 radical (unpaired) electrons. The van der Waals surface area contributed by atoms with Gasteiger partial charge in [0.15, 0.2) is 6.10 Å². The summed E-state index contributed by atoms with van der Waals surface area (Å²) >= 11 is 0. The number of benzene rings is 5. The average Bonchev–Trinajstić information content (AvgIpc) is 3.57. The zero-order valence-corrected chi connectivity index (χ0v) is 34.4. The summed E-state index contributed by atoms with van der Waals surface area (Å²) in [6, 6.07) is 46.3. The lowest BCUT2D eigenvalue weighted by Crippen LogP contribution is -2.67. The second-order valence-corrected chi connectivity index (χ2v) is 19.8. The van der Waals surface area contributed by atoms with E-state index < -0.39 is 61.9 Å². The topological polar surface area (TPSA) is 124 Å². The number of aliphatic hydroxyl groups is 2. The fraction of sp³-hybridized carbons (Fsp3) is 0.319. The highest BCUT2D eigenvalue weighted by atomic mass is 28.4. The Morgan fingerprint density at radius 1 is 0.638 bits per heavy atom. The van der Waals surface area contributed by atoms with Gasteiger partial charge >= 0.3 is 12.1 Å². The minimum atomic E-state index is -3.22. The summed E-state index contributed by atoms with van der Waals surface area (Å²) in [5.74, 6) is -1.07. The van der Waals surface area contributed by atoms with Gasteiger partial charge in [0.25, 0.3) is 8.32 Å². The van der Waals surface area contributed by atoms with Crippen molar-refractivity contribution in [3.8, 4) is 0 Å². The third-order valence-electron chi connectivity index (χ3n) is 10.7. The SMILES string of the molecule is COC(=O)[C@H](O)[C@@H](O)[C@@H]1[C@@H](OCc2ccccc2)[C@H](OCc2ccccc2)[C@@H](CO[Si](c2ccccc2)(c2ccccc2)C(C)(C)C)N1C(=O)OCc1ccccc1. The Morgan fingerprint density at radius 2 is 1.05 bits per heavy atom. The highest BCUT2D eigenvalue weighted by Crippen LogP contribution is 2.40. The van der Waals surface area contributed by atoms with Crippen LogP contribution in [0.3, 0.4) is 0 Å². The molecule has 0 saturated carbocycles. The Bertz CT molecular complexity index is 1980. The Morgan fingerprint density at radius 3 is 1.48 bits per heavy atom. The molecule has 11 heteroatoms. The smallest absolute Gasteiger partial charge is 0.410 e. The van der Waals surface area contributed by atoms with Crippen LogP contribution in [0.25, 0.3) is 0 Å². The van der Waals surface area contributed by atoms with Gasteiger partial charge in [-0.15, -0.1) is 0 Å². The Kier molecular flexibility index (Phi) is 14.3. The number of rotatable bonds is 16. The number of esters is 1. The van der Waals surface area contributed by atoms with E-state index in [1.165, 1.54) is 4.90 Å². The van der Waals surface area contributed by atoms with Crippen LogP contribution in [0, 0.1) is 0 Å². The standard InChI is InChI=1S/C47H53NO9Si/c1-47(2,3)58(37-26-16-8-17-27-37,38-28-18-9-19-29-38)57-33-39-43(54-30-34-20-10-5-11-21-34)44(55-31-35-22-12-6-13-23-35)40(41(49)42(50)45(51)53-4)48(39)46(52)56-32-36-24-14-7-15-25-36/h5-29,39-44,49-50H,30-33H2,1-4H3/t39-,40-,41+,42-,43-,44-/m1/s1. The molecule has 1 aliphatic heterocycles. The summed E-state index contributed by atoms with van der Waals surface area (Å²) in [7, 11) is -2.10. The molecule has 6 rings (SSSR count). The van der Waals surface area contributed by atoms with E-state index in [1.807, 2.05) is 127 Å². The van der Waals surface area contributed by atoms with Crippen molar-refractivity contribution in [2.45, 2.75) is 82.1 Å². The molecule has 0 bridgehead atoms. The molecule has 5 aromatic carbocycles. The Hall–Kier alpha value is -5.14. The number of nitrogens with zero attached hydrogens (tertiary/aromatic N) is 1. The van der Waals surface area contributed by atoms with Crippen molar-refractivity contribution in [2.24, 2.45) is 0 Å². The molecule has 304 valence electrons. The molecule has 58 heavy (non-hydrogen) atoms. The molecule has 1 aliphatic rings. The van der Waals surface area contributed by atoms with E-state index in [0.717, 1.165) is 34.2 Å². The lowest BCUT2D eigenvalue weighted by molar-refractivity contribution is -0.162. The van der Waals surface area contributed by atoms with E-state index in [1.54, 1.807) is 0 Å². The van der Waals surface area contributed by atoms with Crippen LogP contribution in [-0.2, 0) is 48.0 Å². The Labute approximate surface area is 342 Å². The second kappa shape index (κ2) is 19.5. The van der Waals surface area contributed by atoms with Crippen molar-refractivity contribution in [2.75, 3.05) is 13.7 Å². The highest BCUT2D eigenvalue weighted by Gasteiger charge is 2.59. The monoisotopic (exact) mass is 803 g/mol. The van der Waals surface area contributed by atoms with Gasteiger partial charge in [-0.1, -0.05) is 172 Å². The summed E-state index contributed by atoms with van der Waals surface area (Å²) in [5.41, 5.74) is 2.44. The first-order valence-corrected chi connectivity index (χ1v) is 21.4. The first-order valence-electron chi connectivity index (χ1n) is 19.5. The van der Waals surface area contributed by atoms with Crippen molar-refractivity contribution in [3.63, 3.8) is 0 Å². The number of aliphatic hydroxyl groups excluding tert-OH is 2. The molecule has 2 N–H and O–H groups in total. The summed E-state index contributed by atoms with van der Waals surface area (Å²) in [6.07, 6.45) is -6.75. The average molecular weight is 804 g/mol. The Balaban J connectivity index is 1.50. The van der Waals surface area contributed by atoms with E-state index in [4.69, 9.17) is 23.4 Å². The molecule has 0 aliphatic carbocycles. The number of methoxy groups -OCH3 is 1. The van der Waals surface area contributed by atoms with Gasteiger partial charge < -0.3 is 33.6 Å². The molecule has 1 fully saturated rings. The predicted molar refractivity (Wildman–Crippen MR) is 224 cm³/mol. The maximum absolute atomic E-state index is 14.7. The molecule has 0 unspecified atom stereocenters. The third-order valence-corrected chi connectivity index (χ3v) is 15.7. The fourth-order valence-electron chi connectivity index (χ4n) is 7.89. The van der Waals surface area contributed by atoms with E-state index in [2.05, 4.69) is 45.0 Å². The van der Waals surface area contributed by atoms with Gasteiger partial charge in [0.2, 0.25) is 0 Å². The second-order valence-electron chi connectivity index (χ2n) is 15.5. The number of likely N-dealkylation sites (tertiary alicyclic amines) is 1. The van der Waals surface area contributed by atoms with Gasteiger partial charge in [0, 0.05) is 0 Å². The van der Waals surface area contributed by atoms with Crippen LogP contribution in [0.5, 0.6) is 0 Å². The lowest BCUT2D eigenvalue weighted by Gasteiger charge is -2.44. The zero-order chi connectivity index (χ0) is 41.1. The van der Waals surface area contributed by atoms with Crippen molar-refractivity contribution < 1.29 is 43.2 Å². The highest BCUT2D eigenvalue weighted by molar-refractivity contribution is 6.99. The largest absolute Gasteiger partial charge is 0.467 e. The summed E-state index contributed by atoms with van der Waals surface area (Å²) in [6.45, 7) is 6.53. The van der Waals surface area contributed by atoms with Gasteiger partial charge in [-0.3, -0.25) is 4.90 Å². The van der Waals surface area contributed by atoms with E-state index in [-0.39, 0.29) is 26.4 Å². The summed E-state index contributed by atoms with van der Waals surface area (Å²) < 4.78 is 31.8. The molecule has 1 amide bonds. The number of carbonyl (C=O) groups is 2. The molecule has 1 heterocycles. The molecule has 5 aromatic rings. The van der Waals surface area contributed by atoms with Gasteiger partial charge in [-0.2, -0.15) is 0 Å². The van der Waals surface area contributed by atoms with Crippen LogP contribution >= 0.6 is 0 Å². The number of hydrogen-bond acceptors (Lipinski definition) is 9. The van der Waals surface area contributed by atoms with Crippen LogP contribution in [-0.4, -0.2) is 85.7 Å². The first-order chi connectivity index (χ1) is 28.0. The van der Waals surface area contributed by atoms with Gasteiger partial charge in [-0.25, -0.2) is 9.59 Å². The van der Waals surface area contributed by atoms with Crippen molar-refractivity contribution >= 4 is 30.8 Å². The van der Waals surface area contributed by atoms with E-state index in [0.29, 0.717) is 0 Å². The number of hydrogen-bond donors (Lipinski definition) is 2. The normalized spacial score (nSPS) is 19.3. The van der Waals surface area contributed by atoms with Crippen LogP contribution in [0.4, 0.5) is 4.79 Å². The summed E-state index contributed by atoms with van der Waals surface area (Å²) in [4.78, 5) is 29.0. The van der Waals surface area contributed by atoms with Crippen LogP contribution in [0.2, 0.25) is 5.04 Å². The summed E-state index contributed by atoms with van der Waals surface area (Å²) in [5, 5.41) is 25.0. The van der Waals surface area contributed by atoms with Crippen molar-refractivity contribution in [3.05, 3.63) is 168 Å². The maximum atomic E-state index is 14.7. The quantitative estimate of drug-likeness (QED) is 0.0912. The van der Waals surface area contributed by atoms with E-state index in [9.17, 15) is 19.8 Å². The van der Waals surface area contributed by atoms with Crippen molar-refractivity contribution in [1.29, 1.82) is 0 Å². The molecule has 0 aromatic heterocycles. The predicted octanol–water partition coefficient (Wildman–Crippen LogP) is 6.02. The molecule has 1 saturated heterocycles. The minimum absolute atomic E-state index is 0.0728. The number of carbonyl (C=O) groups excluding carboxylic acids is 2. The zero-order valence-electron chi connectivity index (χ0n) is 33.4. The molecule has 6 atom stereocenters. The minimum Gasteiger partial charge on any atom is -0.467 e. The first kappa shape index (κ1) is 42.5. The fourth-order valence-corrected chi connectivity index (χ4v) is 12.5.